The SMILES string of the molecule is COC1CCN(c2nccc(Nc3cc4c(cn3)nc(-c3ccc(CN5CCN(CCOc6ccc7c(c6)C(=O)N(C6CCC(=O)CC6=O)C7=O)CC5)cc3)n4C(C)C)n2)CC1. The van der Waals surface area contributed by atoms with E-state index >= 15 is 0 Å². The van der Waals surface area contributed by atoms with E-state index < -0.39 is 17.9 Å². The van der Waals surface area contributed by atoms with Crippen molar-refractivity contribution in [3.63, 3.8) is 0 Å². The molecule has 5 aromatic rings. The first-order chi connectivity index (χ1) is 30.1. The molecule has 1 N–H and O–H groups in total. The normalized spacial score (nSPS) is 19.3. The lowest BCUT2D eigenvalue weighted by molar-refractivity contribution is -0.132. The predicted molar refractivity (Wildman–Crippen MR) is 233 cm³/mol. The molecule has 16 nitrogen and oxygen atoms in total. The summed E-state index contributed by atoms with van der Waals surface area (Å²) in [6.45, 7) is 11.7. The molecule has 9 rings (SSSR count). The number of anilines is 3. The van der Waals surface area contributed by atoms with E-state index in [0.717, 1.165) is 92.5 Å². The van der Waals surface area contributed by atoms with Crippen molar-refractivity contribution in [2.24, 2.45) is 0 Å². The molecule has 0 radical (unpaired) electrons. The highest BCUT2D eigenvalue weighted by atomic mass is 16.5. The van der Waals surface area contributed by atoms with Crippen LogP contribution in [-0.2, 0) is 20.9 Å². The zero-order chi connectivity index (χ0) is 42.9. The van der Waals surface area contributed by atoms with E-state index in [-0.39, 0.29) is 54.1 Å². The summed E-state index contributed by atoms with van der Waals surface area (Å²) in [4.78, 5) is 77.6. The van der Waals surface area contributed by atoms with Gasteiger partial charge in [-0.1, -0.05) is 24.3 Å². The molecule has 322 valence electrons. The monoisotopic (exact) mass is 840 g/mol. The van der Waals surface area contributed by atoms with Gasteiger partial charge in [0.25, 0.3) is 11.8 Å². The van der Waals surface area contributed by atoms with Crippen molar-refractivity contribution in [1.82, 2.24) is 39.2 Å². The molecular formula is C46H52N10O6. The van der Waals surface area contributed by atoms with Gasteiger partial charge in [-0.2, -0.15) is 4.98 Å². The minimum atomic E-state index is -0.887. The maximum Gasteiger partial charge on any atom is 0.262 e. The molecule has 2 saturated heterocycles. The number of nitrogens with one attached hydrogen (secondary N) is 1. The number of rotatable bonds is 13. The fourth-order valence-electron chi connectivity index (χ4n) is 9.01. The Morgan fingerprint density at radius 3 is 2.31 bits per heavy atom. The molecule has 2 amide bonds. The van der Waals surface area contributed by atoms with E-state index in [0.29, 0.717) is 29.9 Å². The van der Waals surface area contributed by atoms with Crippen LogP contribution in [0.15, 0.2) is 67.0 Å². The van der Waals surface area contributed by atoms with Crippen LogP contribution >= 0.6 is 0 Å². The number of piperidine rings is 1. The zero-order valence-electron chi connectivity index (χ0n) is 35.5. The van der Waals surface area contributed by atoms with E-state index in [1.54, 1.807) is 31.5 Å². The molecule has 1 aliphatic carbocycles. The minimum Gasteiger partial charge on any atom is -0.492 e. The van der Waals surface area contributed by atoms with Gasteiger partial charge in [-0.25, -0.2) is 15.0 Å². The number of carbonyl (C=O) groups excluding carboxylic acids is 4. The Bertz CT molecular complexity index is 2490. The molecule has 3 aliphatic heterocycles. The van der Waals surface area contributed by atoms with Gasteiger partial charge in [0.15, 0.2) is 5.78 Å². The molecule has 16 heteroatoms. The molecular weight excluding hydrogens is 789 g/mol. The van der Waals surface area contributed by atoms with Crippen molar-refractivity contribution in [3.8, 4) is 17.1 Å². The Kier molecular flexibility index (Phi) is 11.8. The van der Waals surface area contributed by atoms with Crippen LogP contribution in [0.25, 0.3) is 22.4 Å². The van der Waals surface area contributed by atoms with Crippen molar-refractivity contribution in [2.75, 3.05) is 69.7 Å². The van der Waals surface area contributed by atoms with Crippen molar-refractivity contribution in [1.29, 1.82) is 0 Å². The smallest absolute Gasteiger partial charge is 0.262 e. The highest BCUT2D eigenvalue weighted by molar-refractivity contribution is 6.23. The third-order valence-corrected chi connectivity index (χ3v) is 12.4. The Morgan fingerprint density at radius 1 is 0.806 bits per heavy atom. The number of ether oxygens (including phenoxy) is 2. The molecule has 1 atom stereocenters. The van der Waals surface area contributed by atoms with Gasteiger partial charge in [0.1, 0.15) is 41.1 Å². The number of amides is 2. The van der Waals surface area contributed by atoms with Gasteiger partial charge in [0.2, 0.25) is 5.95 Å². The van der Waals surface area contributed by atoms with E-state index in [2.05, 4.69) is 67.7 Å². The van der Waals surface area contributed by atoms with E-state index in [1.807, 2.05) is 18.3 Å². The summed E-state index contributed by atoms with van der Waals surface area (Å²) in [5.41, 5.74) is 4.61. The van der Waals surface area contributed by atoms with Gasteiger partial charge in [0, 0.05) is 89.8 Å². The summed E-state index contributed by atoms with van der Waals surface area (Å²) in [5, 5.41) is 3.39. The lowest BCUT2D eigenvalue weighted by Gasteiger charge is -2.34. The van der Waals surface area contributed by atoms with Crippen LogP contribution in [0.3, 0.4) is 0 Å². The topological polar surface area (TPSA) is 168 Å². The Morgan fingerprint density at radius 2 is 1.56 bits per heavy atom. The molecule has 0 spiro atoms. The van der Waals surface area contributed by atoms with E-state index in [9.17, 15) is 19.2 Å². The lowest BCUT2D eigenvalue weighted by Crippen LogP contribution is -2.47. The number of carbonyl (C=O) groups is 4. The number of imide groups is 1. The zero-order valence-corrected chi connectivity index (χ0v) is 35.5. The molecule has 62 heavy (non-hydrogen) atoms. The first-order valence-electron chi connectivity index (χ1n) is 21.6. The number of methoxy groups -OCH3 is 1. The van der Waals surface area contributed by atoms with Gasteiger partial charge in [-0.15, -0.1) is 0 Å². The van der Waals surface area contributed by atoms with Gasteiger partial charge >= 0.3 is 0 Å². The van der Waals surface area contributed by atoms with E-state index in [4.69, 9.17) is 24.4 Å². The molecule has 3 aromatic heterocycles. The first kappa shape index (κ1) is 41.3. The molecule has 6 heterocycles. The molecule has 4 aliphatic rings. The second kappa shape index (κ2) is 17.7. The Labute approximate surface area is 360 Å². The number of pyridine rings is 1. The molecule has 2 aromatic carbocycles. The molecule has 0 bridgehead atoms. The van der Waals surface area contributed by atoms with Crippen LogP contribution in [0.1, 0.15) is 78.3 Å². The number of hydrogen-bond donors (Lipinski definition) is 1. The second-order valence-corrected chi connectivity index (χ2v) is 16.8. The Balaban J connectivity index is 0.769. The fourth-order valence-corrected chi connectivity index (χ4v) is 9.01. The van der Waals surface area contributed by atoms with Crippen molar-refractivity contribution in [2.45, 2.75) is 70.7 Å². The minimum absolute atomic E-state index is 0.154. The summed E-state index contributed by atoms with van der Waals surface area (Å²) in [5.74, 6) is 1.95. The summed E-state index contributed by atoms with van der Waals surface area (Å²) < 4.78 is 13.8. The Hall–Kier alpha value is -6.10. The first-order valence-corrected chi connectivity index (χ1v) is 21.6. The lowest BCUT2D eigenvalue weighted by atomic mass is 9.92. The predicted octanol–water partition coefficient (Wildman–Crippen LogP) is 5.31. The number of piperazine rings is 1. The van der Waals surface area contributed by atoms with Gasteiger partial charge in [0.05, 0.1) is 41.4 Å². The largest absolute Gasteiger partial charge is 0.492 e. The highest BCUT2D eigenvalue weighted by Crippen LogP contribution is 2.33. The number of aromatic nitrogens is 5. The van der Waals surface area contributed by atoms with Gasteiger partial charge in [-0.05, 0) is 62.9 Å². The number of benzene rings is 2. The number of Topliss-reactive ketones (excluding diaryl/α,β-unsaturated/α-hetero) is 2. The van der Waals surface area contributed by atoms with Crippen LogP contribution in [0.2, 0.25) is 0 Å². The highest BCUT2D eigenvalue weighted by Gasteiger charge is 2.44. The maximum absolute atomic E-state index is 13.2. The van der Waals surface area contributed by atoms with Crippen molar-refractivity contribution >= 4 is 52.0 Å². The average Bonchev–Trinajstić information content (AvgIpc) is 3.78. The number of imidazole rings is 1. The summed E-state index contributed by atoms with van der Waals surface area (Å²) >= 11 is 0. The molecule has 1 unspecified atom stereocenters. The van der Waals surface area contributed by atoms with Gasteiger partial charge < -0.3 is 24.3 Å². The number of hydrogen-bond acceptors (Lipinski definition) is 14. The standard InChI is InChI=1S/C46H52N10O6/c1-29(2)55-39-26-42(50-41-12-15-47-46(51-41)54-16-13-33(61-3)14-17-54)48-27-37(39)49-43(55)31-6-4-30(5-7-31)28-53-20-18-52(19-21-53)22-23-62-34-9-10-35-36(25-34)45(60)56(44(35)59)38-11-8-32(57)24-40(38)58/h4-7,9-10,12,15,25-27,29,33,38H,8,11,13-14,16-24,28H2,1-3H3,(H,47,48,50,51). The molecule has 3 fully saturated rings. The van der Waals surface area contributed by atoms with Crippen LogP contribution in [-0.4, -0.2) is 134 Å². The van der Waals surface area contributed by atoms with Crippen LogP contribution < -0.4 is 15.0 Å². The van der Waals surface area contributed by atoms with Crippen LogP contribution in [0, 0.1) is 0 Å². The maximum atomic E-state index is 13.2. The fraction of sp³-hybridized carbons (Fsp3) is 0.435. The quantitative estimate of drug-likeness (QED) is 0.120. The van der Waals surface area contributed by atoms with Crippen molar-refractivity contribution < 1.29 is 28.7 Å². The van der Waals surface area contributed by atoms with Gasteiger partial charge in [-0.3, -0.25) is 33.9 Å². The number of nitrogens with zero attached hydrogens (tertiary/aromatic N) is 9. The number of fused-ring (bicyclic) bond motifs is 2. The van der Waals surface area contributed by atoms with Crippen molar-refractivity contribution in [3.05, 3.63) is 83.7 Å². The summed E-state index contributed by atoms with van der Waals surface area (Å²) in [6.07, 6.45) is 5.92. The summed E-state index contributed by atoms with van der Waals surface area (Å²) in [7, 11) is 1.77. The van der Waals surface area contributed by atoms with Crippen LogP contribution in [0.5, 0.6) is 5.75 Å². The van der Waals surface area contributed by atoms with Crippen LogP contribution in [0.4, 0.5) is 17.6 Å². The number of ketones is 2. The van der Waals surface area contributed by atoms with E-state index in [1.165, 1.54) is 5.56 Å². The average molecular weight is 841 g/mol. The molecule has 1 saturated carbocycles. The third kappa shape index (κ3) is 8.54. The summed E-state index contributed by atoms with van der Waals surface area (Å²) in [6, 6.07) is 16.7. The second-order valence-electron chi connectivity index (χ2n) is 16.8. The third-order valence-electron chi connectivity index (χ3n) is 12.4.